The lowest BCUT2D eigenvalue weighted by atomic mass is 10.1. The van der Waals surface area contributed by atoms with Gasteiger partial charge in [-0.3, -0.25) is 0 Å². The van der Waals surface area contributed by atoms with Gasteiger partial charge in [0, 0.05) is 19.1 Å². The predicted molar refractivity (Wildman–Crippen MR) is 82.9 cm³/mol. The Hall–Kier alpha value is -1.11. The Balaban J connectivity index is 2.26. The third-order valence-corrected chi connectivity index (χ3v) is 5.43. The summed E-state index contributed by atoms with van der Waals surface area (Å²) in [6.45, 7) is 6.68. The number of sulfonamides is 1. The van der Waals surface area contributed by atoms with Gasteiger partial charge in [-0.1, -0.05) is 0 Å². The van der Waals surface area contributed by atoms with E-state index < -0.39 is 10.0 Å². The molecular formula is C15H24N2O3S. The minimum atomic E-state index is -3.46. The number of hydrogen-bond donors (Lipinski definition) is 1. The zero-order valence-corrected chi connectivity index (χ0v) is 13.7. The van der Waals surface area contributed by atoms with Gasteiger partial charge >= 0.3 is 0 Å². The Bertz CT molecular complexity index is 599. The molecule has 1 aliphatic heterocycles. The van der Waals surface area contributed by atoms with E-state index in [-0.39, 0.29) is 12.1 Å². The maximum absolute atomic E-state index is 12.6. The van der Waals surface area contributed by atoms with Crippen molar-refractivity contribution in [2.75, 3.05) is 13.1 Å². The molecule has 118 valence electrons. The number of nitrogens with zero attached hydrogens (tertiary/aromatic N) is 1. The molecule has 2 rings (SSSR count). The minimum absolute atomic E-state index is 0.0613. The lowest BCUT2D eigenvalue weighted by molar-refractivity contribution is 0.240. The number of aryl methyl sites for hydroxylation is 1. The van der Waals surface area contributed by atoms with Gasteiger partial charge in [0.25, 0.3) is 0 Å². The molecule has 1 atom stereocenters. The summed E-state index contributed by atoms with van der Waals surface area (Å²) in [5.74, 6) is 0.722. The first kappa shape index (κ1) is 16.3. The zero-order valence-electron chi connectivity index (χ0n) is 12.9. The molecule has 0 aliphatic carbocycles. The van der Waals surface area contributed by atoms with Crippen LogP contribution in [0.5, 0.6) is 5.75 Å². The van der Waals surface area contributed by atoms with E-state index in [0.717, 1.165) is 24.2 Å². The fourth-order valence-corrected chi connectivity index (χ4v) is 4.13. The topological polar surface area (TPSA) is 72.6 Å². The van der Waals surface area contributed by atoms with Gasteiger partial charge in [0.2, 0.25) is 10.0 Å². The molecule has 0 radical (unpaired) electrons. The largest absolute Gasteiger partial charge is 0.491 e. The van der Waals surface area contributed by atoms with Crippen LogP contribution in [0, 0.1) is 6.92 Å². The molecule has 0 bridgehead atoms. The smallest absolute Gasteiger partial charge is 0.243 e. The quantitative estimate of drug-likeness (QED) is 0.921. The third kappa shape index (κ3) is 3.75. The number of ether oxygens (including phenoxy) is 1. The SMILES string of the molecule is Cc1cc(S(=O)(=O)N2CCC[C@@H](N)C2)ccc1OC(C)C. The molecule has 21 heavy (non-hydrogen) atoms. The van der Waals surface area contributed by atoms with E-state index >= 15 is 0 Å². The number of piperidine rings is 1. The molecule has 1 heterocycles. The molecule has 1 fully saturated rings. The number of benzene rings is 1. The molecule has 6 heteroatoms. The first-order valence-corrected chi connectivity index (χ1v) is 8.77. The second-order valence-electron chi connectivity index (χ2n) is 5.86. The van der Waals surface area contributed by atoms with E-state index in [1.165, 1.54) is 4.31 Å². The second-order valence-corrected chi connectivity index (χ2v) is 7.80. The minimum Gasteiger partial charge on any atom is -0.491 e. The summed E-state index contributed by atoms with van der Waals surface area (Å²) in [5.41, 5.74) is 6.71. The second kappa shape index (κ2) is 6.34. The first-order chi connectivity index (χ1) is 9.80. The molecule has 1 saturated heterocycles. The molecule has 1 aliphatic rings. The summed E-state index contributed by atoms with van der Waals surface area (Å²) in [6.07, 6.45) is 1.76. The fourth-order valence-electron chi connectivity index (χ4n) is 2.51. The van der Waals surface area contributed by atoms with Crippen LogP contribution in [0.2, 0.25) is 0 Å². The highest BCUT2D eigenvalue weighted by Gasteiger charge is 2.29. The monoisotopic (exact) mass is 312 g/mol. The lowest BCUT2D eigenvalue weighted by Crippen LogP contribution is -2.45. The summed E-state index contributed by atoms with van der Waals surface area (Å²) in [5, 5.41) is 0. The van der Waals surface area contributed by atoms with E-state index in [2.05, 4.69) is 0 Å². The highest BCUT2D eigenvalue weighted by Crippen LogP contribution is 2.26. The van der Waals surface area contributed by atoms with E-state index in [0.29, 0.717) is 18.0 Å². The molecule has 2 N–H and O–H groups in total. The van der Waals surface area contributed by atoms with Gasteiger partial charge in [0.1, 0.15) is 5.75 Å². The molecule has 5 nitrogen and oxygen atoms in total. The standard InChI is InChI=1S/C15H24N2O3S/c1-11(2)20-15-7-6-14(9-12(15)3)21(18,19)17-8-4-5-13(16)10-17/h6-7,9,11,13H,4-5,8,10,16H2,1-3H3/t13-/m1/s1. The maximum Gasteiger partial charge on any atom is 0.243 e. The third-order valence-electron chi connectivity index (χ3n) is 3.57. The maximum atomic E-state index is 12.6. The van der Waals surface area contributed by atoms with Crippen LogP contribution in [0.15, 0.2) is 23.1 Å². The van der Waals surface area contributed by atoms with E-state index in [9.17, 15) is 8.42 Å². The van der Waals surface area contributed by atoms with Crippen LogP contribution >= 0.6 is 0 Å². The van der Waals surface area contributed by atoms with Gasteiger partial charge in [-0.05, 0) is 57.4 Å². The van der Waals surface area contributed by atoms with Crippen LogP contribution in [-0.2, 0) is 10.0 Å². The van der Waals surface area contributed by atoms with Gasteiger partial charge in [-0.2, -0.15) is 4.31 Å². The summed E-state index contributed by atoms with van der Waals surface area (Å²) in [7, 11) is -3.46. The molecule has 1 aromatic carbocycles. The van der Waals surface area contributed by atoms with Crippen LogP contribution in [0.1, 0.15) is 32.3 Å². The molecular weight excluding hydrogens is 288 g/mol. The number of rotatable bonds is 4. The van der Waals surface area contributed by atoms with Crippen molar-refractivity contribution in [2.45, 2.75) is 50.7 Å². The molecule has 0 saturated carbocycles. The highest BCUT2D eigenvalue weighted by atomic mass is 32.2. The Morgan fingerprint density at radius 2 is 2.10 bits per heavy atom. The van der Waals surface area contributed by atoms with Crippen LogP contribution in [-0.4, -0.2) is 38.0 Å². The van der Waals surface area contributed by atoms with Crippen molar-refractivity contribution in [3.05, 3.63) is 23.8 Å². The predicted octanol–water partition coefficient (Wildman–Crippen LogP) is 1.89. The zero-order chi connectivity index (χ0) is 15.6. The summed E-state index contributed by atoms with van der Waals surface area (Å²) in [4.78, 5) is 0.310. The molecule has 0 unspecified atom stereocenters. The Labute approximate surface area is 127 Å². The number of nitrogens with two attached hydrogens (primary N) is 1. The molecule has 0 amide bonds. The Morgan fingerprint density at radius 1 is 1.38 bits per heavy atom. The van der Waals surface area contributed by atoms with Gasteiger partial charge in [-0.15, -0.1) is 0 Å². The normalized spacial score (nSPS) is 20.7. The van der Waals surface area contributed by atoms with E-state index in [4.69, 9.17) is 10.5 Å². The van der Waals surface area contributed by atoms with Gasteiger partial charge in [0.05, 0.1) is 11.0 Å². The summed E-state index contributed by atoms with van der Waals surface area (Å²) < 4.78 is 32.4. The van der Waals surface area contributed by atoms with Gasteiger partial charge in [-0.25, -0.2) is 8.42 Å². The molecule has 0 aromatic heterocycles. The average molecular weight is 312 g/mol. The van der Waals surface area contributed by atoms with Crippen LogP contribution in [0.4, 0.5) is 0 Å². The number of hydrogen-bond acceptors (Lipinski definition) is 4. The first-order valence-electron chi connectivity index (χ1n) is 7.33. The van der Waals surface area contributed by atoms with Crippen LogP contribution < -0.4 is 10.5 Å². The average Bonchev–Trinajstić information content (AvgIpc) is 2.40. The van der Waals surface area contributed by atoms with Crippen molar-refractivity contribution in [1.82, 2.24) is 4.31 Å². The van der Waals surface area contributed by atoms with E-state index in [1.807, 2.05) is 20.8 Å². The Morgan fingerprint density at radius 3 is 2.67 bits per heavy atom. The lowest BCUT2D eigenvalue weighted by Gasteiger charge is -2.30. The highest BCUT2D eigenvalue weighted by molar-refractivity contribution is 7.89. The van der Waals surface area contributed by atoms with Crippen molar-refractivity contribution in [3.8, 4) is 5.75 Å². The van der Waals surface area contributed by atoms with Crippen molar-refractivity contribution < 1.29 is 13.2 Å². The van der Waals surface area contributed by atoms with Gasteiger partial charge in [0.15, 0.2) is 0 Å². The van der Waals surface area contributed by atoms with Gasteiger partial charge < -0.3 is 10.5 Å². The summed E-state index contributed by atoms with van der Waals surface area (Å²) >= 11 is 0. The van der Waals surface area contributed by atoms with Crippen molar-refractivity contribution in [3.63, 3.8) is 0 Å². The van der Waals surface area contributed by atoms with Crippen molar-refractivity contribution >= 4 is 10.0 Å². The van der Waals surface area contributed by atoms with E-state index in [1.54, 1.807) is 18.2 Å². The van der Waals surface area contributed by atoms with Crippen molar-refractivity contribution in [2.24, 2.45) is 5.73 Å². The summed E-state index contributed by atoms with van der Waals surface area (Å²) in [6, 6.07) is 4.94. The molecule has 0 spiro atoms. The Kier molecular flexibility index (Phi) is 4.91. The van der Waals surface area contributed by atoms with Crippen LogP contribution in [0.25, 0.3) is 0 Å². The van der Waals surface area contributed by atoms with Crippen LogP contribution in [0.3, 0.4) is 0 Å². The fraction of sp³-hybridized carbons (Fsp3) is 0.600. The van der Waals surface area contributed by atoms with Crippen molar-refractivity contribution in [1.29, 1.82) is 0 Å². The molecule has 1 aromatic rings.